The number of anilines is 1. The van der Waals surface area contributed by atoms with Gasteiger partial charge in [-0.25, -0.2) is 12.7 Å². The van der Waals surface area contributed by atoms with E-state index in [0.29, 0.717) is 6.54 Å². The second kappa shape index (κ2) is 6.15. The highest BCUT2D eigenvalue weighted by Crippen LogP contribution is 2.17. The van der Waals surface area contributed by atoms with Crippen molar-refractivity contribution in [3.05, 3.63) is 54.1 Å². The molecule has 0 atom stereocenters. The van der Waals surface area contributed by atoms with Gasteiger partial charge in [0.2, 0.25) is 10.0 Å². The number of benzene rings is 2. The van der Waals surface area contributed by atoms with E-state index in [1.54, 1.807) is 36.4 Å². The molecule has 0 unspecified atom stereocenters. The van der Waals surface area contributed by atoms with E-state index in [2.05, 4.69) is 5.32 Å². The number of rotatable bonds is 5. The monoisotopic (exact) mass is 306 g/mol. The van der Waals surface area contributed by atoms with Crippen molar-refractivity contribution in [3.63, 3.8) is 0 Å². The van der Waals surface area contributed by atoms with E-state index < -0.39 is 10.0 Å². The van der Waals surface area contributed by atoms with Crippen LogP contribution in [-0.4, -0.2) is 31.9 Å². The standard InChI is InChI=1S/C15H18N2O3S/c1-17(2)21(19,20)15-9-5-13(6-10-15)16-11-12-3-7-14(18)8-4-12/h3-10,16,18H,11H2,1-2H3. The van der Waals surface area contributed by atoms with Crippen LogP contribution in [0.3, 0.4) is 0 Å². The molecule has 0 radical (unpaired) electrons. The van der Waals surface area contributed by atoms with Crippen molar-refractivity contribution >= 4 is 15.7 Å². The average molecular weight is 306 g/mol. The molecule has 0 amide bonds. The Morgan fingerprint density at radius 2 is 1.57 bits per heavy atom. The molecule has 0 bridgehead atoms. The van der Waals surface area contributed by atoms with Gasteiger partial charge in [0.25, 0.3) is 0 Å². The highest BCUT2D eigenvalue weighted by molar-refractivity contribution is 7.89. The largest absolute Gasteiger partial charge is 0.508 e. The summed E-state index contributed by atoms with van der Waals surface area (Å²) in [6, 6.07) is 13.5. The van der Waals surface area contributed by atoms with Crippen LogP contribution in [0.5, 0.6) is 5.75 Å². The number of nitrogens with zero attached hydrogens (tertiary/aromatic N) is 1. The van der Waals surface area contributed by atoms with Gasteiger partial charge in [0, 0.05) is 26.3 Å². The number of hydrogen-bond acceptors (Lipinski definition) is 4. The Morgan fingerprint density at radius 3 is 2.10 bits per heavy atom. The molecule has 0 saturated heterocycles. The topological polar surface area (TPSA) is 69.6 Å². The van der Waals surface area contributed by atoms with Crippen LogP contribution < -0.4 is 5.32 Å². The van der Waals surface area contributed by atoms with Gasteiger partial charge < -0.3 is 10.4 Å². The molecule has 2 aromatic carbocycles. The maximum absolute atomic E-state index is 11.9. The summed E-state index contributed by atoms with van der Waals surface area (Å²) in [7, 11) is -0.375. The highest BCUT2D eigenvalue weighted by atomic mass is 32.2. The van der Waals surface area contributed by atoms with Crippen LogP contribution in [0.2, 0.25) is 0 Å². The maximum atomic E-state index is 11.9. The predicted octanol–water partition coefficient (Wildman–Crippen LogP) is 2.25. The van der Waals surface area contributed by atoms with E-state index in [0.717, 1.165) is 11.3 Å². The van der Waals surface area contributed by atoms with Gasteiger partial charge in [-0.15, -0.1) is 0 Å². The molecule has 0 spiro atoms. The second-order valence-corrected chi connectivity index (χ2v) is 6.98. The van der Waals surface area contributed by atoms with E-state index >= 15 is 0 Å². The molecule has 0 heterocycles. The Kier molecular flexibility index (Phi) is 4.50. The number of sulfonamides is 1. The first kappa shape index (κ1) is 15.3. The van der Waals surface area contributed by atoms with Crippen LogP contribution in [0.4, 0.5) is 5.69 Å². The van der Waals surface area contributed by atoms with Gasteiger partial charge in [-0.1, -0.05) is 12.1 Å². The maximum Gasteiger partial charge on any atom is 0.242 e. The lowest BCUT2D eigenvalue weighted by Gasteiger charge is -2.12. The molecule has 0 aromatic heterocycles. The van der Waals surface area contributed by atoms with E-state index in [4.69, 9.17) is 0 Å². The molecule has 2 rings (SSSR count). The van der Waals surface area contributed by atoms with E-state index in [9.17, 15) is 13.5 Å². The third-order valence-electron chi connectivity index (χ3n) is 3.07. The van der Waals surface area contributed by atoms with Crippen molar-refractivity contribution in [3.8, 4) is 5.75 Å². The molecule has 2 aromatic rings. The van der Waals surface area contributed by atoms with E-state index in [-0.39, 0.29) is 10.6 Å². The zero-order valence-corrected chi connectivity index (χ0v) is 12.8. The van der Waals surface area contributed by atoms with Crippen molar-refractivity contribution in [2.45, 2.75) is 11.4 Å². The van der Waals surface area contributed by atoms with Gasteiger partial charge in [-0.05, 0) is 42.0 Å². The van der Waals surface area contributed by atoms with Crippen LogP contribution in [0, 0.1) is 0 Å². The minimum atomic E-state index is -3.39. The summed E-state index contributed by atoms with van der Waals surface area (Å²) in [5, 5.41) is 12.4. The Balaban J connectivity index is 2.05. The zero-order chi connectivity index (χ0) is 15.5. The quantitative estimate of drug-likeness (QED) is 0.889. The zero-order valence-electron chi connectivity index (χ0n) is 11.9. The smallest absolute Gasteiger partial charge is 0.242 e. The highest BCUT2D eigenvalue weighted by Gasteiger charge is 2.16. The summed E-state index contributed by atoms with van der Waals surface area (Å²) in [6.07, 6.45) is 0. The minimum absolute atomic E-state index is 0.233. The van der Waals surface area contributed by atoms with Crippen molar-refractivity contribution < 1.29 is 13.5 Å². The lowest BCUT2D eigenvalue weighted by atomic mass is 10.2. The Hall–Kier alpha value is -2.05. The summed E-state index contributed by atoms with van der Waals surface area (Å²) in [4.78, 5) is 0.266. The molecule has 0 fully saturated rings. The fourth-order valence-corrected chi connectivity index (χ4v) is 2.68. The molecule has 5 nitrogen and oxygen atoms in total. The molecule has 0 aliphatic heterocycles. The van der Waals surface area contributed by atoms with Crippen molar-refractivity contribution in [1.82, 2.24) is 4.31 Å². The van der Waals surface area contributed by atoms with Gasteiger partial charge in [-0.3, -0.25) is 0 Å². The third-order valence-corrected chi connectivity index (χ3v) is 4.90. The first-order chi connectivity index (χ1) is 9.89. The normalized spacial score (nSPS) is 11.6. The Morgan fingerprint density at radius 1 is 1.00 bits per heavy atom. The first-order valence-electron chi connectivity index (χ1n) is 6.44. The predicted molar refractivity (Wildman–Crippen MR) is 82.7 cm³/mol. The molecular formula is C15H18N2O3S. The summed E-state index contributed by atoms with van der Waals surface area (Å²) in [6.45, 7) is 0.597. The fraction of sp³-hybridized carbons (Fsp3) is 0.200. The van der Waals surface area contributed by atoms with E-state index in [1.165, 1.54) is 18.4 Å². The summed E-state index contributed by atoms with van der Waals surface area (Å²) >= 11 is 0. The molecule has 6 heteroatoms. The average Bonchev–Trinajstić information content (AvgIpc) is 2.47. The number of aromatic hydroxyl groups is 1. The van der Waals surface area contributed by atoms with Gasteiger partial charge in [-0.2, -0.15) is 0 Å². The summed E-state index contributed by atoms with van der Waals surface area (Å²) in [5.74, 6) is 0.233. The van der Waals surface area contributed by atoms with Crippen LogP contribution in [0.1, 0.15) is 5.56 Å². The van der Waals surface area contributed by atoms with Crippen molar-refractivity contribution in [1.29, 1.82) is 0 Å². The molecule has 0 aliphatic carbocycles. The van der Waals surface area contributed by atoms with Crippen molar-refractivity contribution in [2.75, 3.05) is 19.4 Å². The number of phenols is 1. The molecule has 112 valence electrons. The summed E-state index contributed by atoms with van der Waals surface area (Å²) < 4.78 is 25.1. The SMILES string of the molecule is CN(C)S(=O)(=O)c1ccc(NCc2ccc(O)cc2)cc1. The molecule has 0 saturated carbocycles. The lowest BCUT2D eigenvalue weighted by Crippen LogP contribution is -2.22. The van der Waals surface area contributed by atoms with Crippen LogP contribution in [-0.2, 0) is 16.6 Å². The van der Waals surface area contributed by atoms with Crippen molar-refractivity contribution in [2.24, 2.45) is 0 Å². The molecule has 0 aliphatic rings. The Bertz CT molecular complexity index is 693. The fourth-order valence-electron chi connectivity index (χ4n) is 1.77. The lowest BCUT2D eigenvalue weighted by molar-refractivity contribution is 0.475. The van der Waals surface area contributed by atoms with Crippen LogP contribution in [0.25, 0.3) is 0 Å². The number of hydrogen-bond donors (Lipinski definition) is 2. The number of nitrogens with one attached hydrogen (secondary N) is 1. The minimum Gasteiger partial charge on any atom is -0.508 e. The first-order valence-corrected chi connectivity index (χ1v) is 7.88. The Labute approximate surface area is 124 Å². The number of phenolic OH excluding ortho intramolecular Hbond substituents is 1. The molecule has 21 heavy (non-hydrogen) atoms. The molecular weight excluding hydrogens is 288 g/mol. The van der Waals surface area contributed by atoms with Gasteiger partial charge in [0.15, 0.2) is 0 Å². The molecule has 2 N–H and O–H groups in total. The van der Waals surface area contributed by atoms with Gasteiger partial charge >= 0.3 is 0 Å². The second-order valence-electron chi connectivity index (χ2n) is 4.83. The van der Waals surface area contributed by atoms with Gasteiger partial charge in [0.1, 0.15) is 5.75 Å². The van der Waals surface area contributed by atoms with Crippen LogP contribution in [0.15, 0.2) is 53.4 Å². The van der Waals surface area contributed by atoms with E-state index in [1.807, 2.05) is 12.1 Å². The third kappa shape index (κ3) is 3.74. The summed E-state index contributed by atoms with van der Waals surface area (Å²) in [5.41, 5.74) is 1.86. The van der Waals surface area contributed by atoms with Gasteiger partial charge in [0.05, 0.1) is 4.90 Å². The van der Waals surface area contributed by atoms with Crippen LogP contribution >= 0.6 is 0 Å².